The Balaban J connectivity index is 1.92. The Morgan fingerprint density at radius 1 is 1.36 bits per heavy atom. The molecule has 4 rings (SSSR count). The summed E-state index contributed by atoms with van der Waals surface area (Å²) >= 11 is 6.35. The van der Waals surface area contributed by atoms with E-state index >= 15 is 4.39 Å². The molecular weight excluding hydrogens is 389 g/mol. The SMILES string of the molecule is CC1CN(c2c(Cl)cc3c(=O)c(C(=O)O)cn(C4CC4)c3c2F)CCN1C=O. The zero-order valence-electron chi connectivity index (χ0n) is 15.2. The maximum absolute atomic E-state index is 15.7. The Hall–Kier alpha value is -2.61. The summed E-state index contributed by atoms with van der Waals surface area (Å²) in [5.74, 6) is -1.98. The van der Waals surface area contributed by atoms with Crippen LogP contribution in [0.15, 0.2) is 17.1 Å². The Morgan fingerprint density at radius 3 is 2.64 bits per heavy atom. The van der Waals surface area contributed by atoms with Gasteiger partial charge in [-0.25, -0.2) is 9.18 Å². The molecule has 7 nitrogen and oxygen atoms in total. The lowest BCUT2D eigenvalue weighted by Gasteiger charge is -2.39. The number of nitrogens with zero attached hydrogens (tertiary/aromatic N) is 3. The zero-order chi connectivity index (χ0) is 20.2. The molecule has 1 saturated carbocycles. The second-order valence-electron chi connectivity index (χ2n) is 7.37. The second-order valence-corrected chi connectivity index (χ2v) is 7.78. The molecule has 1 aliphatic carbocycles. The van der Waals surface area contributed by atoms with Crippen LogP contribution >= 0.6 is 11.6 Å². The third-order valence-corrected chi connectivity index (χ3v) is 5.77. The van der Waals surface area contributed by atoms with Crippen LogP contribution in [-0.2, 0) is 4.79 Å². The molecular formula is C19H19ClFN3O4. The van der Waals surface area contributed by atoms with Crippen molar-refractivity contribution >= 4 is 40.6 Å². The Morgan fingerprint density at radius 2 is 2.07 bits per heavy atom. The Kier molecular flexibility index (Phi) is 4.53. The molecule has 1 unspecified atom stereocenters. The first kappa shape index (κ1) is 18.7. The first-order chi connectivity index (χ1) is 13.3. The van der Waals surface area contributed by atoms with E-state index in [2.05, 4.69) is 0 Å². The van der Waals surface area contributed by atoms with E-state index in [0.717, 1.165) is 19.3 Å². The molecule has 0 spiro atoms. The van der Waals surface area contributed by atoms with Crippen molar-refractivity contribution in [2.75, 3.05) is 24.5 Å². The van der Waals surface area contributed by atoms with E-state index in [-0.39, 0.29) is 33.7 Å². The van der Waals surface area contributed by atoms with Crippen molar-refractivity contribution in [1.82, 2.24) is 9.47 Å². The summed E-state index contributed by atoms with van der Waals surface area (Å²) in [5, 5.41) is 9.37. The number of benzene rings is 1. The zero-order valence-corrected chi connectivity index (χ0v) is 15.9. The van der Waals surface area contributed by atoms with Crippen LogP contribution in [0, 0.1) is 5.82 Å². The van der Waals surface area contributed by atoms with Crippen LogP contribution in [0.3, 0.4) is 0 Å². The van der Waals surface area contributed by atoms with Crippen LogP contribution in [0.4, 0.5) is 10.1 Å². The maximum atomic E-state index is 15.7. The molecule has 1 atom stereocenters. The van der Waals surface area contributed by atoms with Gasteiger partial charge in [0.25, 0.3) is 0 Å². The number of piperazine rings is 1. The summed E-state index contributed by atoms with van der Waals surface area (Å²) in [7, 11) is 0. The van der Waals surface area contributed by atoms with E-state index in [9.17, 15) is 19.5 Å². The van der Waals surface area contributed by atoms with Gasteiger partial charge in [0.1, 0.15) is 5.56 Å². The van der Waals surface area contributed by atoms with Gasteiger partial charge in [-0.05, 0) is 25.8 Å². The van der Waals surface area contributed by atoms with Crippen LogP contribution in [0.5, 0.6) is 0 Å². The number of carbonyl (C=O) groups excluding carboxylic acids is 1. The third-order valence-electron chi connectivity index (χ3n) is 5.49. The van der Waals surface area contributed by atoms with Crippen molar-refractivity contribution in [3.63, 3.8) is 0 Å². The number of amides is 1. The molecule has 9 heteroatoms. The summed E-state index contributed by atoms with van der Waals surface area (Å²) in [6.45, 7) is 3.12. The second kappa shape index (κ2) is 6.77. The number of pyridine rings is 1. The van der Waals surface area contributed by atoms with E-state index in [4.69, 9.17) is 11.6 Å². The number of carboxylic acids is 1. The van der Waals surface area contributed by atoms with E-state index in [0.29, 0.717) is 19.6 Å². The molecule has 2 aliphatic rings. The number of hydrogen-bond acceptors (Lipinski definition) is 4. The monoisotopic (exact) mass is 407 g/mol. The largest absolute Gasteiger partial charge is 0.477 e. The fourth-order valence-corrected chi connectivity index (χ4v) is 4.16. The van der Waals surface area contributed by atoms with Crippen molar-refractivity contribution in [2.45, 2.75) is 31.8 Å². The standard InChI is InChI=1S/C19H19ClFN3O4/c1-10-7-22(4-5-23(10)9-25)17-14(20)6-12-16(15(17)21)24(11-2-3-11)8-13(18(12)26)19(27)28/h6,8-11H,2-5,7H2,1H3,(H,27,28). The molecule has 2 fully saturated rings. The predicted octanol–water partition coefficient (Wildman–Crippen LogP) is 2.49. The van der Waals surface area contributed by atoms with Crippen molar-refractivity contribution in [2.24, 2.45) is 0 Å². The fourth-order valence-electron chi connectivity index (χ4n) is 3.85. The van der Waals surface area contributed by atoms with Crippen LogP contribution in [-0.4, -0.2) is 52.6 Å². The number of hydrogen-bond donors (Lipinski definition) is 1. The molecule has 1 aliphatic heterocycles. The van der Waals surface area contributed by atoms with Gasteiger partial charge < -0.3 is 19.5 Å². The summed E-state index contributed by atoms with van der Waals surface area (Å²) < 4.78 is 17.2. The average molecular weight is 408 g/mol. The van der Waals surface area contributed by atoms with Gasteiger partial charge >= 0.3 is 5.97 Å². The molecule has 148 valence electrons. The number of halogens is 2. The molecule has 28 heavy (non-hydrogen) atoms. The van der Waals surface area contributed by atoms with Gasteiger partial charge in [0.15, 0.2) is 5.82 Å². The van der Waals surface area contributed by atoms with Crippen molar-refractivity contribution in [1.29, 1.82) is 0 Å². The summed E-state index contributed by atoms with van der Waals surface area (Å²) in [5.41, 5.74) is -0.868. The van der Waals surface area contributed by atoms with Gasteiger partial charge in [-0.3, -0.25) is 9.59 Å². The summed E-state index contributed by atoms with van der Waals surface area (Å²) in [6, 6.07) is 1.22. The molecule has 1 aromatic carbocycles. The quantitative estimate of drug-likeness (QED) is 0.787. The number of rotatable bonds is 4. The van der Waals surface area contributed by atoms with Crippen molar-refractivity contribution in [3.8, 4) is 0 Å². The molecule has 1 N–H and O–H groups in total. The smallest absolute Gasteiger partial charge is 0.341 e. The minimum absolute atomic E-state index is 0.0300. The molecule has 1 aromatic heterocycles. The highest BCUT2D eigenvalue weighted by Gasteiger charge is 2.32. The first-order valence-corrected chi connectivity index (χ1v) is 9.47. The van der Waals surface area contributed by atoms with Crippen LogP contribution < -0.4 is 10.3 Å². The number of fused-ring (bicyclic) bond motifs is 1. The molecule has 0 radical (unpaired) electrons. The minimum atomic E-state index is -1.35. The third kappa shape index (κ3) is 2.92. The number of aromatic carboxylic acids is 1. The predicted molar refractivity (Wildman–Crippen MR) is 103 cm³/mol. The lowest BCUT2D eigenvalue weighted by atomic mass is 10.1. The summed E-state index contributed by atoms with van der Waals surface area (Å²) in [6.07, 6.45) is 3.60. The average Bonchev–Trinajstić information content (AvgIpc) is 3.47. The Bertz CT molecular complexity index is 1050. The van der Waals surface area contributed by atoms with Gasteiger partial charge in [0, 0.05) is 37.9 Å². The summed E-state index contributed by atoms with van der Waals surface area (Å²) in [4.78, 5) is 38.6. The molecule has 0 bridgehead atoms. The molecule has 2 aromatic rings. The van der Waals surface area contributed by atoms with Crippen LogP contribution in [0.2, 0.25) is 5.02 Å². The lowest BCUT2D eigenvalue weighted by Crippen LogP contribution is -2.51. The highest BCUT2D eigenvalue weighted by molar-refractivity contribution is 6.34. The van der Waals surface area contributed by atoms with E-state index in [1.165, 1.54) is 12.3 Å². The lowest BCUT2D eigenvalue weighted by molar-refractivity contribution is -0.120. The van der Waals surface area contributed by atoms with E-state index in [1.807, 2.05) is 6.92 Å². The van der Waals surface area contributed by atoms with Gasteiger partial charge in [0.2, 0.25) is 11.8 Å². The van der Waals surface area contributed by atoms with Gasteiger partial charge in [-0.15, -0.1) is 0 Å². The topological polar surface area (TPSA) is 82.8 Å². The molecule has 1 saturated heterocycles. The number of aromatic nitrogens is 1. The van der Waals surface area contributed by atoms with Crippen molar-refractivity contribution < 1.29 is 19.1 Å². The molecule has 1 amide bonds. The van der Waals surface area contributed by atoms with Crippen molar-refractivity contribution in [3.05, 3.63) is 38.9 Å². The Labute approximate surface area is 164 Å². The van der Waals surface area contributed by atoms with Crippen LogP contribution in [0.25, 0.3) is 10.9 Å². The minimum Gasteiger partial charge on any atom is -0.477 e. The van der Waals surface area contributed by atoms with E-state index < -0.39 is 22.8 Å². The number of carbonyl (C=O) groups is 2. The highest BCUT2D eigenvalue weighted by Crippen LogP contribution is 2.41. The normalized spacial score (nSPS) is 19.9. The van der Waals surface area contributed by atoms with Gasteiger partial charge in [-0.2, -0.15) is 0 Å². The number of anilines is 1. The van der Waals surface area contributed by atoms with E-state index in [1.54, 1.807) is 14.4 Å². The fraction of sp³-hybridized carbons (Fsp3) is 0.421. The van der Waals surface area contributed by atoms with Gasteiger partial charge in [0.05, 0.1) is 21.6 Å². The molecule has 2 heterocycles. The number of carboxylic acid groups (broad SMARTS) is 1. The first-order valence-electron chi connectivity index (χ1n) is 9.09. The highest BCUT2D eigenvalue weighted by atomic mass is 35.5. The maximum Gasteiger partial charge on any atom is 0.341 e. The van der Waals surface area contributed by atoms with Crippen LogP contribution in [0.1, 0.15) is 36.2 Å². The van der Waals surface area contributed by atoms with Gasteiger partial charge in [-0.1, -0.05) is 11.6 Å².